The highest BCUT2D eigenvalue weighted by Crippen LogP contribution is 2.33. The summed E-state index contributed by atoms with van der Waals surface area (Å²) in [7, 11) is -2.19. The molecule has 180 valence electrons. The largest absolute Gasteiger partial charge is 0.497 e. The number of aryl methyl sites for hydroxylation is 1. The fourth-order valence-corrected chi connectivity index (χ4v) is 5.56. The minimum Gasteiger partial charge on any atom is -0.497 e. The minimum atomic E-state index is -3.78. The highest BCUT2D eigenvalue weighted by molar-refractivity contribution is 7.89. The Morgan fingerprint density at radius 1 is 1.00 bits per heavy atom. The molecule has 6 nitrogen and oxygen atoms in total. The van der Waals surface area contributed by atoms with Crippen molar-refractivity contribution in [1.82, 2.24) is 9.71 Å². The van der Waals surface area contributed by atoms with E-state index in [1.807, 2.05) is 50.2 Å². The maximum absolute atomic E-state index is 13.3. The van der Waals surface area contributed by atoms with E-state index in [0.717, 1.165) is 16.7 Å². The van der Waals surface area contributed by atoms with Crippen molar-refractivity contribution in [2.75, 3.05) is 7.11 Å². The first-order chi connectivity index (χ1) is 16.3. The molecule has 0 amide bonds. The van der Waals surface area contributed by atoms with E-state index in [2.05, 4.69) is 9.71 Å². The van der Waals surface area contributed by atoms with Crippen LogP contribution in [0.4, 0.5) is 0 Å². The van der Waals surface area contributed by atoms with Crippen LogP contribution in [0.1, 0.15) is 49.8 Å². The summed E-state index contributed by atoms with van der Waals surface area (Å²) in [5.74, 6) is 0.784. The number of hydrogen-bond donors (Lipinski definition) is 1. The predicted molar refractivity (Wildman–Crippen MR) is 133 cm³/mol. The van der Waals surface area contributed by atoms with Crippen molar-refractivity contribution in [2.45, 2.75) is 56.4 Å². The summed E-state index contributed by atoms with van der Waals surface area (Å²) in [6.07, 6.45) is 5.97. The van der Waals surface area contributed by atoms with Gasteiger partial charge in [0.1, 0.15) is 11.5 Å². The smallest absolute Gasteiger partial charge is 0.241 e. The second-order valence-corrected chi connectivity index (χ2v) is 10.0. The van der Waals surface area contributed by atoms with Gasteiger partial charge in [0.2, 0.25) is 10.0 Å². The summed E-state index contributed by atoms with van der Waals surface area (Å²) in [5.41, 5.74) is 1.92. The molecule has 0 atom stereocenters. The maximum Gasteiger partial charge on any atom is 0.241 e. The van der Waals surface area contributed by atoms with E-state index in [1.165, 1.54) is 0 Å². The number of carbonyl (C=O) groups is 1. The van der Waals surface area contributed by atoms with Crippen LogP contribution in [0.5, 0.6) is 5.75 Å². The summed E-state index contributed by atoms with van der Waals surface area (Å²) >= 11 is 0. The average Bonchev–Trinajstić information content (AvgIpc) is 2.87. The van der Waals surface area contributed by atoms with E-state index in [0.29, 0.717) is 31.4 Å². The number of Topliss-reactive ketones (excluding diaryl/α,β-unsaturated/α-hetero) is 1. The fraction of sp³-hybridized carbons (Fsp3) is 0.333. The Morgan fingerprint density at radius 3 is 2.35 bits per heavy atom. The van der Waals surface area contributed by atoms with Crippen molar-refractivity contribution in [3.63, 3.8) is 0 Å². The Hall–Kier alpha value is -3.03. The van der Waals surface area contributed by atoms with Gasteiger partial charge in [-0.25, -0.2) is 13.1 Å². The van der Waals surface area contributed by atoms with Gasteiger partial charge in [0.25, 0.3) is 0 Å². The molecular weight excluding hydrogens is 448 g/mol. The van der Waals surface area contributed by atoms with Crippen molar-refractivity contribution in [3.8, 4) is 5.75 Å². The molecule has 3 aromatic rings. The van der Waals surface area contributed by atoms with Crippen molar-refractivity contribution in [1.29, 1.82) is 0 Å². The zero-order chi connectivity index (χ0) is 24.6. The molecule has 0 saturated heterocycles. The summed E-state index contributed by atoms with van der Waals surface area (Å²) in [6.45, 7) is 3.93. The number of rotatable bonds is 12. The van der Waals surface area contributed by atoms with E-state index in [-0.39, 0.29) is 17.1 Å². The van der Waals surface area contributed by atoms with Crippen LogP contribution in [0.3, 0.4) is 0 Å². The number of nitrogens with zero attached hydrogens (tertiary/aromatic N) is 1. The molecule has 0 aliphatic heterocycles. The summed E-state index contributed by atoms with van der Waals surface area (Å²) in [6, 6.07) is 17.8. The topological polar surface area (TPSA) is 85.4 Å². The van der Waals surface area contributed by atoms with Crippen molar-refractivity contribution >= 4 is 15.8 Å². The number of sulfonamides is 1. The van der Waals surface area contributed by atoms with Crippen molar-refractivity contribution < 1.29 is 17.9 Å². The van der Waals surface area contributed by atoms with Crippen LogP contribution >= 0.6 is 0 Å². The molecule has 0 saturated carbocycles. The second kappa shape index (κ2) is 11.4. The van der Waals surface area contributed by atoms with Gasteiger partial charge in [-0.05, 0) is 66.3 Å². The van der Waals surface area contributed by atoms with E-state index < -0.39 is 15.6 Å². The maximum atomic E-state index is 13.3. The third kappa shape index (κ3) is 6.30. The third-order valence-corrected chi connectivity index (χ3v) is 7.76. The molecule has 1 aromatic heterocycles. The quantitative estimate of drug-likeness (QED) is 0.401. The Kier molecular flexibility index (Phi) is 8.58. The van der Waals surface area contributed by atoms with Gasteiger partial charge in [0.05, 0.1) is 17.5 Å². The summed E-state index contributed by atoms with van der Waals surface area (Å²) in [5, 5.41) is 0. The first-order valence-electron chi connectivity index (χ1n) is 11.5. The lowest BCUT2D eigenvalue weighted by Crippen LogP contribution is -2.45. The highest BCUT2D eigenvalue weighted by atomic mass is 32.2. The zero-order valence-corrected chi connectivity index (χ0v) is 20.8. The summed E-state index contributed by atoms with van der Waals surface area (Å²) < 4.78 is 34.8. The Bertz CT molecular complexity index is 1190. The standard InChI is InChI=1S/C27H32N2O4S/c1-4-27(5-2,23-9-6-10-25(19-23)33-3)29-34(31,32)26-15-12-21(13-16-26)18-24(30)14-11-22-8-7-17-28-20-22/h6-10,12-13,15-17,19-20,29H,4-5,11,14,18H2,1-3H3. The molecule has 34 heavy (non-hydrogen) atoms. The van der Waals surface area contributed by atoms with E-state index in [4.69, 9.17) is 4.74 Å². The molecular formula is C27H32N2O4S. The first-order valence-corrected chi connectivity index (χ1v) is 13.0. The van der Waals surface area contributed by atoms with Gasteiger partial charge in [0.15, 0.2) is 0 Å². The van der Waals surface area contributed by atoms with Crippen molar-refractivity contribution in [2.24, 2.45) is 0 Å². The zero-order valence-electron chi connectivity index (χ0n) is 20.0. The van der Waals surface area contributed by atoms with Crippen molar-refractivity contribution in [3.05, 3.63) is 89.7 Å². The predicted octanol–water partition coefficient (Wildman–Crippen LogP) is 4.83. The van der Waals surface area contributed by atoms with E-state index in [1.54, 1.807) is 43.8 Å². The molecule has 7 heteroatoms. The van der Waals surface area contributed by atoms with Gasteiger partial charge in [-0.3, -0.25) is 9.78 Å². The highest BCUT2D eigenvalue weighted by Gasteiger charge is 2.34. The molecule has 1 N–H and O–H groups in total. The molecule has 0 aliphatic rings. The molecule has 0 bridgehead atoms. The van der Waals surface area contributed by atoms with Gasteiger partial charge in [-0.1, -0.05) is 44.2 Å². The third-order valence-electron chi connectivity index (χ3n) is 6.21. The minimum absolute atomic E-state index is 0.103. The lowest BCUT2D eigenvalue weighted by Gasteiger charge is -2.33. The average molecular weight is 481 g/mol. The van der Waals surface area contributed by atoms with E-state index in [9.17, 15) is 13.2 Å². The lowest BCUT2D eigenvalue weighted by atomic mass is 9.86. The fourth-order valence-electron chi connectivity index (χ4n) is 4.03. The van der Waals surface area contributed by atoms with Crippen LogP contribution in [-0.4, -0.2) is 26.3 Å². The van der Waals surface area contributed by atoms with Crippen LogP contribution in [-0.2, 0) is 33.2 Å². The van der Waals surface area contributed by atoms with Gasteiger partial charge in [-0.15, -0.1) is 0 Å². The molecule has 0 unspecified atom stereocenters. The van der Waals surface area contributed by atoms with Crippen LogP contribution in [0.15, 0.2) is 78.0 Å². The number of methoxy groups -OCH3 is 1. The normalized spacial score (nSPS) is 11.9. The van der Waals surface area contributed by atoms with E-state index >= 15 is 0 Å². The SMILES string of the molecule is CCC(CC)(NS(=O)(=O)c1ccc(CC(=O)CCc2cccnc2)cc1)c1cccc(OC)c1. The lowest BCUT2D eigenvalue weighted by molar-refractivity contribution is -0.118. The Labute approximate surface area is 202 Å². The van der Waals surface area contributed by atoms with Crippen LogP contribution in [0.2, 0.25) is 0 Å². The number of ether oxygens (including phenoxy) is 1. The van der Waals surface area contributed by atoms with Gasteiger partial charge in [0, 0.05) is 25.2 Å². The molecule has 0 aliphatic carbocycles. The van der Waals surface area contributed by atoms with Crippen LogP contribution in [0.25, 0.3) is 0 Å². The molecule has 1 heterocycles. The number of hydrogen-bond acceptors (Lipinski definition) is 5. The number of nitrogens with one attached hydrogen (secondary N) is 1. The van der Waals surface area contributed by atoms with Gasteiger partial charge < -0.3 is 4.74 Å². The first kappa shape index (κ1) is 25.6. The molecule has 2 aromatic carbocycles. The Morgan fingerprint density at radius 2 is 1.74 bits per heavy atom. The van der Waals surface area contributed by atoms with Gasteiger partial charge in [-0.2, -0.15) is 0 Å². The van der Waals surface area contributed by atoms with Gasteiger partial charge >= 0.3 is 0 Å². The monoisotopic (exact) mass is 480 g/mol. The summed E-state index contributed by atoms with van der Waals surface area (Å²) in [4.78, 5) is 16.6. The number of benzene rings is 2. The molecule has 0 spiro atoms. The van der Waals surface area contributed by atoms with Crippen LogP contribution < -0.4 is 9.46 Å². The number of aromatic nitrogens is 1. The molecule has 0 fully saturated rings. The molecule has 3 rings (SSSR count). The number of ketones is 1. The molecule has 0 radical (unpaired) electrons. The number of pyridine rings is 1. The van der Waals surface area contributed by atoms with Crippen LogP contribution in [0, 0.1) is 0 Å². The second-order valence-electron chi connectivity index (χ2n) is 8.35. The Balaban J connectivity index is 1.71. The number of carbonyl (C=O) groups excluding carboxylic acids is 1.